The molecule has 0 spiro atoms. The van der Waals surface area contributed by atoms with E-state index in [0.29, 0.717) is 22.3 Å². The summed E-state index contributed by atoms with van der Waals surface area (Å²) in [4.78, 5) is 0. The number of nitrogens with zero attached hydrogens (tertiary/aromatic N) is 1. The molecule has 3 nitrogen and oxygen atoms in total. The van der Waals surface area contributed by atoms with Crippen molar-refractivity contribution in [3.8, 4) is 11.1 Å². The molecule has 0 saturated heterocycles. The third kappa shape index (κ3) is 4.50. The highest BCUT2D eigenvalue weighted by Crippen LogP contribution is 2.33. The fourth-order valence-electron chi connectivity index (χ4n) is 2.45. The molecule has 2 rings (SSSR count). The van der Waals surface area contributed by atoms with Gasteiger partial charge in [-0.15, -0.1) is 0 Å². The number of hydrogen-bond acceptors (Lipinski definition) is 4. The molecule has 0 bridgehead atoms. The Balaban J connectivity index is 2.66. The molecular weight excluding hydrogens is 369 g/mol. The summed E-state index contributed by atoms with van der Waals surface area (Å²) in [6.07, 6.45) is 1.46. The van der Waals surface area contributed by atoms with E-state index in [4.69, 9.17) is 17.0 Å². The molecule has 2 aromatic carbocycles. The molecule has 0 amide bonds. The lowest BCUT2D eigenvalue weighted by atomic mass is 9.91. The number of hydrogen-bond donors (Lipinski definition) is 0. The van der Waals surface area contributed by atoms with Crippen LogP contribution in [0.2, 0.25) is 0 Å². The Morgan fingerprint density at radius 2 is 1.85 bits per heavy atom. The van der Waals surface area contributed by atoms with Crippen molar-refractivity contribution in [1.29, 1.82) is 0 Å². The molecule has 6 heteroatoms. The molecule has 26 heavy (non-hydrogen) atoms. The monoisotopic (exact) mass is 391 g/mol. The van der Waals surface area contributed by atoms with Crippen molar-refractivity contribution in [3.63, 3.8) is 0 Å². The Kier molecular flexibility index (Phi) is 6.55. The Hall–Kier alpha value is -1.76. The van der Waals surface area contributed by atoms with Crippen molar-refractivity contribution in [3.05, 3.63) is 58.9 Å². The lowest BCUT2D eigenvalue weighted by molar-refractivity contribution is 0.416. The van der Waals surface area contributed by atoms with E-state index in [1.54, 1.807) is 18.2 Å². The number of aryl methyl sites for hydroxylation is 1. The van der Waals surface area contributed by atoms with Crippen molar-refractivity contribution >= 4 is 34.8 Å². The molecule has 0 fully saturated rings. The smallest absolute Gasteiger partial charge is 0.191 e. The van der Waals surface area contributed by atoms with Gasteiger partial charge in [-0.25, -0.2) is 4.39 Å². The molecule has 0 aliphatic rings. The van der Waals surface area contributed by atoms with E-state index < -0.39 is 21.9 Å². The van der Waals surface area contributed by atoms with E-state index in [-0.39, 0.29) is 5.05 Å². The standard InChI is InChI=1S/C20H22FNO2S2/c1-13-8-6-10-15(19(25)24-5)17(13)18-14(9-7-11-16(18)21)12-22-26(23)20(2,3)4/h6-12H,1-5H3/b22-12+. The summed E-state index contributed by atoms with van der Waals surface area (Å²) < 4.78 is 35.9. The van der Waals surface area contributed by atoms with Crippen LogP contribution >= 0.6 is 12.2 Å². The minimum Gasteiger partial charge on any atom is -0.591 e. The van der Waals surface area contributed by atoms with Gasteiger partial charge in [0.25, 0.3) is 0 Å². The lowest BCUT2D eigenvalue weighted by Gasteiger charge is -2.18. The zero-order valence-electron chi connectivity index (χ0n) is 15.5. The molecule has 0 aromatic heterocycles. The topological polar surface area (TPSA) is 44.6 Å². The average molecular weight is 392 g/mol. The summed E-state index contributed by atoms with van der Waals surface area (Å²) in [6.45, 7) is 7.40. The summed E-state index contributed by atoms with van der Waals surface area (Å²) in [7, 11) is 1.49. The molecule has 0 aliphatic carbocycles. The van der Waals surface area contributed by atoms with Crippen molar-refractivity contribution in [2.75, 3.05) is 7.11 Å². The van der Waals surface area contributed by atoms with Crippen LogP contribution < -0.4 is 0 Å². The third-order valence-electron chi connectivity index (χ3n) is 3.79. The molecule has 0 aliphatic heterocycles. The summed E-state index contributed by atoms with van der Waals surface area (Å²) in [5.41, 5.74) is 3.06. The van der Waals surface area contributed by atoms with Gasteiger partial charge in [0.1, 0.15) is 21.9 Å². The maximum absolute atomic E-state index is 14.8. The molecule has 1 unspecified atom stereocenters. The summed E-state index contributed by atoms with van der Waals surface area (Å²) in [5.74, 6) is -0.398. The second-order valence-electron chi connectivity index (χ2n) is 6.79. The van der Waals surface area contributed by atoms with Gasteiger partial charge in [-0.1, -0.05) is 28.7 Å². The minimum absolute atomic E-state index is 0.285. The molecule has 1 atom stereocenters. The van der Waals surface area contributed by atoms with Gasteiger partial charge in [0.2, 0.25) is 0 Å². The van der Waals surface area contributed by atoms with Crippen LogP contribution in [0.25, 0.3) is 11.1 Å². The van der Waals surface area contributed by atoms with Crippen LogP contribution in [0, 0.1) is 12.7 Å². The van der Waals surface area contributed by atoms with Gasteiger partial charge in [0, 0.05) is 22.3 Å². The maximum Gasteiger partial charge on any atom is 0.191 e. The number of methoxy groups -OCH3 is 1. The number of ether oxygens (including phenoxy) is 1. The van der Waals surface area contributed by atoms with Crippen molar-refractivity contribution in [2.45, 2.75) is 32.4 Å². The Morgan fingerprint density at radius 3 is 2.46 bits per heavy atom. The number of halogens is 1. The molecular formula is C20H22FNO2S2. The van der Waals surface area contributed by atoms with E-state index in [1.165, 1.54) is 19.4 Å². The lowest BCUT2D eigenvalue weighted by Crippen LogP contribution is -2.25. The van der Waals surface area contributed by atoms with Crippen LogP contribution in [0.3, 0.4) is 0 Å². The van der Waals surface area contributed by atoms with Crippen molar-refractivity contribution in [2.24, 2.45) is 4.40 Å². The van der Waals surface area contributed by atoms with Gasteiger partial charge in [-0.2, -0.15) is 0 Å². The highest BCUT2D eigenvalue weighted by atomic mass is 32.2. The Bertz CT molecular complexity index is 844. The van der Waals surface area contributed by atoms with Gasteiger partial charge in [0.05, 0.1) is 13.3 Å². The first-order valence-corrected chi connectivity index (χ1v) is 9.61. The van der Waals surface area contributed by atoms with Gasteiger partial charge in [-0.3, -0.25) is 0 Å². The summed E-state index contributed by atoms with van der Waals surface area (Å²) in [6, 6.07) is 10.3. The van der Waals surface area contributed by atoms with Crippen LogP contribution in [0.5, 0.6) is 0 Å². The minimum atomic E-state index is -1.43. The SMILES string of the molecule is COC(=S)c1cccc(C)c1-c1c(F)cccc1/C=N/[S+]([O-])C(C)(C)C. The first-order chi connectivity index (χ1) is 12.2. The maximum atomic E-state index is 14.8. The van der Waals surface area contributed by atoms with E-state index in [9.17, 15) is 8.94 Å². The van der Waals surface area contributed by atoms with Crippen LogP contribution in [0.15, 0.2) is 40.8 Å². The van der Waals surface area contributed by atoms with Gasteiger partial charge in [-0.05, 0) is 57.6 Å². The summed E-state index contributed by atoms with van der Waals surface area (Å²) in [5, 5.41) is 0.285. The Morgan fingerprint density at radius 1 is 1.19 bits per heavy atom. The Labute approximate surface area is 162 Å². The van der Waals surface area contributed by atoms with Crippen molar-refractivity contribution in [1.82, 2.24) is 0 Å². The van der Waals surface area contributed by atoms with Crippen LogP contribution in [0.1, 0.15) is 37.5 Å². The summed E-state index contributed by atoms with van der Waals surface area (Å²) >= 11 is 3.85. The molecule has 0 heterocycles. The van der Waals surface area contributed by atoms with Crippen molar-refractivity contribution < 1.29 is 13.7 Å². The zero-order valence-corrected chi connectivity index (χ0v) is 17.1. The van der Waals surface area contributed by atoms with Gasteiger partial charge in [0.15, 0.2) is 5.05 Å². The van der Waals surface area contributed by atoms with Gasteiger partial charge < -0.3 is 9.29 Å². The zero-order chi connectivity index (χ0) is 19.5. The second kappa shape index (κ2) is 8.29. The average Bonchev–Trinajstić information content (AvgIpc) is 2.58. The first-order valence-electron chi connectivity index (χ1n) is 8.09. The van der Waals surface area contributed by atoms with Crippen LogP contribution in [0.4, 0.5) is 4.39 Å². The number of thiocarbonyl (C=S) groups is 1. The highest BCUT2D eigenvalue weighted by molar-refractivity contribution is 7.91. The van der Waals surface area contributed by atoms with Crippen LogP contribution in [-0.4, -0.2) is 27.7 Å². The second-order valence-corrected chi connectivity index (χ2v) is 9.09. The number of benzene rings is 2. The third-order valence-corrected chi connectivity index (χ3v) is 5.52. The van der Waals surface area contributed by atoms with E-state index in [0.717, 1.165) is 5.56 Å². The predicted molar refractivity (Wildman–Crippen MR) is 111 cm³/mol. The normalized spacial score (nSPS) is 13.0. The van der Waals surface area contributed by atoms with Gasteiger partial charge >= 0.3 is 0 Å². The molecule has 0 radical (unpaired) electrons. The highest BCUT2D eigenvalue weighted by Gasteiger charge is 2.26. The fourth-order valence-corrected chi connectivity index (χ4v) is 3.15. The van der Waals surface area contributed by atoms with Crippen LogP contribution in [-0.2, 0) is 16.1 Å². The van der Waals surface area contributed by atoms with E-state index in [1.807, 2.05) is 39.8 Å². The quantitative estimate of drug-likeness (QED) is 0.418. The molecule has 0 N–H and O–H groups in total. The predicted octanol–water partition coefficient (Wildman–Crippen LogP) is 5.00. The molecule has 0 saturated carbocycles. The largest absolute Gasteiger partial charge is 0.591 e. The molecule has 138 valence electrons. The first kappa shape index (κ1) is 20.6. The fraction of sp³-hybridized carbons (Fsp3) is 0.300. The van der Waals surface area contributed by atoms with E-state index >= 15 is 0 Å². The molecule has 2 aromatic rings. The van der Waals surface area contributed by atoms with E-state index in [2.05, 4.69) is 4.40 Å². The number of rotatable bonds is 4.